The molecule has 3 nitrogen and oxygen atoms in total. The highest BCUT2D eigenvalue weighted by molar-refractivity contribution is 9.10. The van der Waals surface area contributed by atoms with Crippen molar-refractivity contribution in [3.63, 3.8) is 0 Å². The Balaban J connectivity index is 2.98. The first-order valence-corrected chi connectivity index (χ1v) is 6.93. The summed E-state index contributed by atoms with van der Waals surface area (Å²) >= 11 is 8.34. The van der Waals surface area contributed by atoms with Crippen LogP contribution in [0.2, 0.25) is 0 Å². The Morgan fingerprint density at radius 3 is 2.50 bits per heavy atom. The van der Waals surface area contributed by atoms with Crippen LogP contribution in [0.15, 0.2) is 22.7 Å². The van der Waals surface area contributed by atoms with Gasteiger partial charge in [-0.15, -0.1) is 0 Å². The van der Waals surface area contributed by atoms with Gasteiger partial charge in [0.2, 0.25) is 5.91 Å². The summed E-state index contributed by atoms with van der Waals surface area (Å²) in [4.78, 5) is 12.3. The average molecular weight is 329 g/mol. The number of hydrogen-bond donors (Lipinski definition) is 2. The fourth-order valence-corrected chi connectivity index (χ4v) is 1.91. The fraction of sp³-hybridized carbons (Fsp3) is 0.385. The number of halogens is 1. The van der Waals surface area contributed by atoms with Crippen LogP contribution in [0.1, 0.15) is 26.3 Å². The Morgan fingerprint density at radius 2 is 2.00 bits per heavy atom. The maximum Gasteiger partial charge on any atom is 0.227 e. The third kappa shape index (κ3) is 3.78. The van der Waals surface area contributed by atoms with E-state index in [4.69, 9.17) is 18.0 Å². The van der Waals surface area contributed by atoms with Crippen molar-refractivity contribution in [1.82, 2.24) is 0 Å². The molecule has 1 aromatic carbocycles. The molecule has 0 spiro atoms. The van der Waals surface area contributed by atoms with E-state index in [0.29, 0.717) is 11.3 Å². The second-order valence-corrected chi connectivity index (χ2v) is 5.93. The number of carbonyl (C=O) groups excluding carboxylic acids is 1. The lowest BCUT2D eigenvalue weighted by Crippen LogP contribution is -2.25. The first-order chi connectivity index (χ1) is 8.32. The summed E-state index contributed by atoms with van der Waals surface area (Å²) in [7, 11) is 0. The summed E-state index contributed by atoms with van der Waals surface area (Å²) in [5, 5.41) is 2.87. The van der Waals surface area contributed by atoms with E-state index in [0.717, 1.165) is 4.47 Å². The minimum Gasteiger partial charge on any atom is -0.389 e. The SMILES string of the molecule is CC(C)C(C)C(=O)Nc1ccc(Br)cc1C(N)=S. The minimum atomic E-state index is -0.0622. The monoisotopic (exact) mass is 328 g/mol. The summed E-state index contributed by atoms with van der Waals surface area (Å²) in [5.74, 6) is 0.200. The van der Waals surface area contributed by atoms with E-state index in [2.05, 4.69) is 21.2 Å². The van der Waals surface area contributed by atoms with E-state index < -0.39 is 0 Å². The van der Waals surface area contributed by atoms with Crippen LogP contribution in [0.25, 0.3) is 0 Å². The number of nitrogens with one attached hydrogen (secondary N) is 1. The van der Waals surface area contributed by atoms with E-state index in [1.165, 1.54) is 0 Å². The first kappa shape index (κ1) is 15.1. The lowest BCUT2D eigenvalue weighted by molar-refractivity contribution is -0.120. The highest BCUT2D eigenvalue weighted by Gasteiger charge is 2.18. The summed E-state index contributed by atoms with van der Waals surface area (Å²) in [5.41, 5.74) is 6.98. The number of thiocarbonyl (C=S) groups is 1. The highest BCUT2D eigenvalue weighted by Crippen LogP contribution is 2.22. The zero-order chi connectivity index (χ0) is 13.9. The normalized spacial score (nSPS) is 12.3. The molecule has 98 valence electrons. The van der Waals surface area contributed by atoms with Gasteiger partial charge in [-0.1, -0.05) is 48.9 Å². The van der Waals surface area contributed by atoms with Crippen LogP contribution >= 0.6 is 28.1 Å². The number of anilines is 1. The lowest BCUT2D eigenvalue weighted by atomic mass is 9.97. The van der Waals surface area contributed by atoms with E-state index in [9.17, 15) is 4.79 Å². The van der Waals surface area contributed by atoms with E-state index in [-0.39, 0.29) is 22.7 Å². The Labute approximate surface area is 121 Å². The predicted octanol–water partition coefficient (Wildman–Crippen LogP) is 3.31. The number of carbonyl (C=O) groups is 1. The van der Waals surface area contributed by atoms with Gasteiger partial charge >= 0.3 is 0 Å². The number of benzene rings is 1. The van der Waals surface area contributed by atoms with Crippen molar-refractivity contribution in [3.8, 4) is 0 Å². The quantitative estimate of drug-likeness (QED) is 0.833. The molecule has 0 saturated heterocycles. The standard InChI is InChI=1S/C13H17BrN2OS/c1-7(2)8(3)13(17)16-11-5-4-9(14)6-10(11)12(15)18/h4-8H,1-3H3,(H2,15,18)(H,16,17). The van der Waals surface area contributed by atoms with Crippen molar-refractivity contribution in [2.75, 3.05) is 5.32 Å². The van der Waals surface area contributed by atoms with Gasteiger partial charge in [-0.3, -0.25) is 4.79 Å². The Hall–Kier alpha value is -0.940. The lowest BCUT2D eigenvalue weighted by Gasteiger charge is -2.17. The predicted molar refractivity (Wildman–Crippen MR) is 82.7 cm³/mol. The van der Waals surface area contributed by atoms with Crippen LogP contribution in [0.5, 0.6) is 0 Å². The number of amides is 1. The summed E-state index contributed by atoms with van der Waals surface area (Å²) in [6, 6.07) is 5.44. The minimum absolute atomic E-state index is 0.0233. The zero-order valence-electron chi connectivity index (χ0n) is 10.7. The zero-order valence-corrected chi connectivity index (χ0v) is 13.1. The molecule has 0 bridgehead atoms. The molecule has 1 atom stereocenters. The topological polar surface area (TPSA) is 55.1 Å². The molecule has 0 radical (unpaired) electrons. The van der Waals surface area contributed by atoms with Gasteiger partial charge in [0, 0.05) is 16.0 Å². The molecule has 5 heteroatoms. The van der Waals surface area contributed by atoms with Crippen LogP contribution in [-0.2, 0) is 4.79 Å². The molecule has 1 amide bonds. The van der Waals surface area contributed by atoms with Gasteiger partial charge in [0.05, 0.1) is 5.69 Å². The van der Waals surface area contributed by atoms with Crippen molar-refractivity contribution < 1.29 is 4.79 Å². The molecule has 1 aromatic rings. The van der Waals surface area contributed by atoms with Gasteiger partial charge in [0.15, 0.2) is 0 Å². The molecule has 0 fully saturated rings. The largest absolute Gasteiger partial charge is 0.389 e. The first-order valence-electron chi connectivity index (χ1n) is 5.73. The van der Waals surface area contributed by atoms with Gasteiger partial charge in [-0.2, -0.15) is 0 Å². The molecule has 0 heterocycles. The van der Waals surface area contributed by atoms with Crippen molar-refractivity contribution in [3.05, 3.63) is 28.2 Å². The molecule has 0 aliphatic rings. The van der Waals surface area contributed by atoms with Crippen LogP contribution < -0.4 is 11.1 Å². The number of nitrogens with two attached hydrogens (primary N) is 1. The third-order valence-electron chi connectivity index (χ3n) is 2.92. The van der Waals surface area contributed by atoms with Gasteiger partial charge < -0.3 is 11.1 Å². The molecule has 0 aliphatic carbocycles. The Bertz CT molecular complexity index is 474. The van der Waals surface area contributed by atoms with Crippen molar-refractivity contribution in [1.29, 1.82) is 0 Å². The van der Waals surface area contributed by atoms with Crippen LogP contribution in [-0.4, -0.2) is 10.9 Å². The fourth-order valence-electron chi connectivity index (χ4n) is 1.38. The van der Waals surface area contributed by atoms with Crippen molar-refractivity contribution >= 4 is 44.7 Å². The second kappa shape index (κ2) is 6.29. The van der Waals surface area contributed by atoms with E-state index >= 15 is 0 Å². The van der Waals surface area contributed by atoms with E-state index in [1.807, 2.05) is 26.8 Å². The molecule has 0 saturated carbocycles. The number of rotatable bonds is 4. The highest BCUT2D eigenvalue weighted by atomic mass is 79.9. The average Bonchev–Trinajstić information content (AvgIpc) is 2.29. The Morgan fingerprint density at radius 1 is 1.39 bits per heavy atom. The smallest absolute Gasteiger partial charge is 0.227 e. The Kier molecular flexibility index (Phi) is 5.28. The molecule has 3 N–H and O–H groups in total. The summed E-state index contributed by atoms with van der Waals surface area (Å²) in [6.45, 7) is 5.93. The van der Waals surface area contributed by atoms with Gasteiger partial charge in [-0.25, -0.2) is 0 Å². The molecular formula is C13H17BrN2OS. The molecule has 1 rings (SSSR count). The van der Waals surface area contributed by atoms with E-state index in [1.54, 1.807) is 12.1 Å². The summed E-state index contributed by atoms with van der Waals surface area (Å²) in [6.07, 6.45) is 0. The molecule has 0 aliphatic heterocycles. The molecule has 0 aromatic heterocycles. The van der Waals surface area contributed by atoms with Crippen molar-refractivity contribution in [2.24, 2.45) is 17.6 Å². The van der Waals surface area contributed by atoms with Gasteiger partial charge in [0.25, 0.3) is 0 Å². The van der Waals surface area contributed by atoms with Crippen LogP contribution in [0, 0.1) is 11.8 Å². The molecular weight excluding hydrogens is 312 g/mol. The molecule has 18 heavy (non-hydrogen) atoms. The van der Waals surface area contributed by atoms with Crippen molar-refractivity contribution in [2.45, 2.75) is 20.8 Å². The number of hydrogen-bond acceptors (Lipinski definition) is 2. The second-order valence-electron chi connectivity index (χ2n) is 4.58. The van der Waals surface area contributed by atoms with Gasteiger partial charge in [-0.05, 0) is 24.1 Å². The third-order valence-corrected chi connectivity index (χ3v) is 3.63. The van der Waals surface area contributed by atoms with Crippen LogP contribution in [0.3, 0.4) is 0 Å². The maximum atomic E-state index is 12.0. The maximum absolute atomic E-state index is 12.0. The summed E-state index contributed by atoms with van der Waals surface area (Å²) < 4.78 is 0.875. The van der Waals surface area contributed by atoms with Gasteiger partial charge in [0.1, 0.15) is 4.99 Å². The molecule has 1 unspecified atom stereocenters. The van der Waals surface area contributed by atoms with Crippen LogP contribution in [0.4, 0.5) is 5.69 Å².